The monoisotopic (exact) mass is 456 g/mol. The van der Waals surface area contributed by atoms with E-state index in [0.717, 1.165) is 68.6 Å². The Labute approximate surface area is 201 Å². The summed E-state index contributed by atoms with van der Waals surface area (Å²) in [5.41, 5.74) is 4.02. The van der Waals surface area contributed by atoms with Gasteiger partial charge in [-0.2, -0.15) is 0 Å². The molecule has 0 spiro atoms. The molecule has 1 saturated carbocycles. The molecule has 2 aromatic heterocycles. The lowest BCUT2D eigenvalue weighted by molar-refractivity contribution is 0.0735. The second-order valence-electron chi connectivity index (χ2n) is 9.79. The van der Waals surface area contributed by atoms with Crippen LogP contribution in [-0.4, -0.2) is 64.6 Å². The Hall–Kier alpha value is -3.35. The van der Waals surface area contributed by atoms with Gasteiger partial charge in [0.15, 0.2) is 0 Å². The van der Waals surface area contributed by atoms with Crippen LogP contribution in [0.4, 0.5) is 11.6 Å². The SMILES string of the molecule is O=C(c1cc(-c2cnc(N3CCCC3)nc2)cn1CC1CC1)N1CCN(c2ccccc2)CC1. The molecule has 3 fully saturated rings. The first-order valence-corrected chi connectivity index (χ1v) is 12.6. The van der Waals surface area contributed by atoms with E-state index in [4.69, 9.17) is 0 Å². The van der Waals surface area contributed by atoms with Crippen LogP contribution in [-0.2, 0) is 6.54 Å². The lowest BCUT2D eigenvalue weighted by Gasteiger charge is -2.36. The summed E-state index contributed by atoms with van der Waals surface area (Å²) >= 11 is 0. The van der Waals surface area contributed by atoms with Crippen molar-refractivity contribution in [2.45, 2.75) is 32.2 Å². The maximum atomic E-state index is 13.6. The van der Waals surface area contributed by atoms with E-state index >= 15 is 0 Å². The topological polar surface area (TPSA) is 57.5 Å². The summed E-state index contributed by atoms with van der Waals surface area (Å²) in [4.78, 5) is 29.4. The van der Waals surface area contributed by atoms with Crippen molar-refractivity contribution in [2.24, 2.45) is 5.92 Å². The van der Waals surface area contributed by atoms with Crippen molar-refractivity contribution in [3.05, 3.63) is 60.7 Å². The van der Waals surface area contributed by atoms with Gasteiger partial charge in [0.2, 0.25) is 5.95 Å². The summed E-state index contributed by atoms with van der Waals surface area (Å²) in [6, 6.07) is 12.5. The Balaban J connectivity index is 1.19. The van der Waals surface area contributed by atoms with Crippen LogP contribution in [0.1, 0.15) is 36.2 Å². The summed E-state index contributed by atoms with van der Waals surface area (Å²) in [6.45, 7) is 6.19. The second kappa shape index (κ2) is 9.12. The smallest absolute Gasteiger partial charge is 0.270 e. The van der Waals surface area contributed by atoms with Gasteiger partial charge in [-0.3, -0.25) is 4.79 Å². The third-order valence-corrected chi connectivity index (χ3v) is 7.32. The van der Waals surface area contributed by atoms with Gasteiger partial charge in [-0.25, -0.2) is 9.97 Å². The fourth-order valence-electron chi connectivity index (χ4n) is 5.10. The third-order valence-electron chi connectivity index (χ3n) is 7.32. The van der Waals surface area contributed by atoms with Crippen molar-refractivity contribution in [1.82, 2.24) is 19.4 Å². The molecule has 7 heteroatoms. The molecule has 3 aromatic rings. The van der Waals surface area contributed by atoms with Crippen LogP contribution in [0, 0.1) is 5.92 Å². The number of piperazine rings is 1. The van der Waals surface area contributed by atoms with Gasteiger partial charge in [0.05, 0.1) is 0 Å². The minimum absolute atomic E-state index is 0.134. The fourth-order valence-corrected chi connectivity index (χ4v) is 5.10. The molecule has 0 bridgehead atoms. The van der Waals surface area contributed by atoms with E-state index < -0.39 is 0 Å². The van der Waals surface area contributed by atoms with E-state index in [1.165, 1.54) is 31.4 Å². The van der Waals surface area contributed by atoms with Gasteiger partial charge in [0.1, 0.15) is 5.69 Å². The Morgan fingerprint density at radius 1 is 0.853 bits per heavy atom. The molecule has 1 amide bonds. The summed E-state index contributed by atoms with van der Waals surface area (Å²) in [5.74, 6) is 1.64. The number of para-hydroxylation sites is 1. The zero-order valence-electron chi connectivity index (χ0n) is 19.6. The number of nitrogens with zero attached hydrogens (tertiary/aromatic N) is 6. The quantitative estimate of drug-likeness (QED) is 0.563. The first-order chi connectivity index (χ1) is 16.7. The highest BCUT2D eigenvalue weighted by Crippen LogP contribution is 2.33. The van der Waals surface area contributed by atoms with Crippen LogP contribution >= 0.6 is 0 Å². The van der Waals surface area contributed by atoms with E-state index in [2.05, 4.69) is 54.8 Å². The fraction of sp³-hybridized carbons (Fsp3) is 0.444. The van der Waals surface area contributed by atoms with E-state index in [1.807, 2.05) is 29.4 Å². The standard InChI is InChI=1S/C27H32N6O/c34-26(31-14-12-30(13-15-31)24-6-2-1-3-7-24)25-16-22(20-33(25)19-21-8-9-21)23-17-28-27(29-18-23)32-10-4-5-11-32/h1-3,6-7,16-18,20-21H,4-5,8-15,19H2. The van der Waals surface area contributed by atoms with Crippen LogP contribution in [0.3, 0.4) is 0 Å². The summed E-state index contributed by atoms with van der Waals surface area (Å²) < 4.78 is 2.17. The van der Waals surface area contributed by atoms with Crippen molar-refractivity contribution in [1.29, 1.82) is 0 Å². The van der Waals surface area contributed by atoms with Crippen molar-refractivity contribution >= 4 is 17.5 Å². The summed E-state index contributed by atoms with van der Waals surface area (Å²) in [6.07, 6.45) is 10.9. The minimum atomic E-state index is 0.134. The van der Waals surface area contributed by atoms with Gasteiger partial charge < -0.3 is 19.3 Å². The molecule has 176 valence electrons. The van der Waals surface area contributed by atoms with Gasteiger partial charge in [-0.05, 0) is 49.8 Å². The van der Waals surface area contributed by atoms with Gasteiger partial charge in [-0.1, -0.05) is 18.2 Å². The lowest BCUT2D eigenvalue weighted by atomic mass is 10.1. The average molecular weight is 457 g/mol. The number of anilines is 2. The zero-order chi connectivity index (χ0) is 22.9. The van der Waals surface area contributed by atoms with Crippen LogP contribution in [0.5, 0.6) is 0 Å². The molecule has 2 aliphatic heterocycles. The first kappa shape index (κ1) is 21.2. The van der Waals surface area contributed by atoms with Gasteiger partial charge in [0, 0.05) is 81.2 Å². The predicted octanol–water partition coefficient (Wildman–Crippen LogP) is 3.92. The first-order valence-electron chi connectivity index (χ1n) is 12.6. The number of hydrogen-bond donors (Lipinski definition) is 0. The Morgan fingerprint density at radius 2 is 1.56 bits per heavy atom. The van der Waals surface area contributed by atoms with Crippen LogP contribution in [0.25, 0.3) is 11.1 Å². The third kappa shape index (κ3) is 4.39. The van der Waals surface area contributed by atoms with Crippen molar-refractivity contribution < 1.29 is 4.79 Å². The zero-order valence-corrected chi connectivity index (χ0v) is 19.6. The molecule has 34 heavy (non-hydrogen) atoms. The van der Waals surface area contributed by atoms with E-state index in [0.29, 0.717) is 5.92 Å². The van der Waals surface area contributed by atoms with E-state index in [-0.39, 0.29) is 5.91 Å². The van der Waals surface area contributed by atoms with Gasteiger partial charge in [-0.15, -0.1) is 0 Å². The largest absolute Gasteiger partial charge is 0.368 e. The van der Waals surface area contributed by atoms with E-state index in [1.54, 1.807) is 0 Å². The number of carbonyl (C=O) groups excluding carboxylic acids is 1. The normalized spacial score (nSPS) is 18.5. The summed E-state index contributed by atoms with van der Waals surface area (Å²) in [7, 11) is 0. The highest BCUT2D eigenvalue weighted by atomic mass is 16.2. The van der Waals surface area contributed by atoms with Gasteiger partial charge >= 0.3 is 0 Å². The molecule has 3 aliphatic rings. The lowest BCUT2D eigenvalue weighted by Crippen LogP contribution is -2.49. The molecule has 7 nitrogen and oxygen atoms in total. The number of amides is 1. The highest BCUT2D eigenvalue weighted by Gasteiger charge is 2.28. The number of carbonyl (C=O) groups is 1. The number of rotatable bonds is 6. The van der Waals surface area contributed by atoms with Crippen molar-refractivity contribution in [3.8, 4) is 11.1 Å². The summed E-state index contributed by atoms with van der Waals surface area (Å²) in [5, 5.41) is 0. The average Bonchev–Trinajstić information content (AvgIpc) is 3.36. The van der Waals surface area contributed by atoms with Crippen LogP contribution in [0.2, 0.25) is 0 Å². The number of benzene rings is 1. The minimum Gasteiger partial charge on any atom is -0.368 e. The Bertz CT molecular complexity index is 1120. The van der Waals surface area contributed by atoms with Crippen LogP contribution in [0.15, 0.2) is 55.0 Å². The molecule has 0 radical (unpaired) electrons. The molecular formula is C27H32N6O. The number of hydrogen-bond acceptors (Lipinski definition) is 5. The predicted molar refractivity (Wildman–Crippen MR) is 134 cm³/mol. The molecule has 0 atom stereocenters. The van der Waals surface area contributed by atoms with Crippen LogP contribution < -0.4 is 9.80 Å². The molecule has 1 aliphatic carbocycles. The molecule has 0 N–H and O–H groups in total. The molecule has 6 rings (SSSR count). The molecule has 2 saturated heterocycles. The second-order valence-corrected chi connectivity index (χ2v) is 9.79. The van der Waals surface area contributed by atoms with Crippen molar-refractivity contribution in [2.75, 3.05) is 49.1 Å². The maximum absolute atomic E-state index is 13.6. The molecule has 0 unspecified atom stereocenters. The molecular weight excluding hydrogens is 424 g/mol. The highest BCUT2D eigenvalue weighted by molar-refractivity contribution is 5.94. The van der Waals surface area contributed by atoms with E-state index in [9.17, 15) is 4.79 Å². The Kier molecular flexibility index (Phi) is 5.69. The molecule has 1 aromatic carbocycles. The number of aromatic nitrogens is 3. The van der Waals surface area contributed by atoms with Gasteiger partial charge in [0.25, 0.3) is 5.91 Å². The molecule has 4 heterocycles. The maximum Gasteiger partial charge on any atom is 0.270 e. The van der Waals surface area contributed by atoms with Crippen molar-refractivity contribution in [3.63, 3.8) is 0 Å². The Morgan fingerprint density at radius 3 is 2.24 bits per heavy atom.